The van der Waals surface area contributed by atoms with Gasteiger partial charge in [-0.3, -0.25) is 9.55 Å². The van der Waals surface area contributed by atoms with Crippen molar-refractivity contribution in [2.24, 2.45) is 10.7 Å². The molecule has 3 N–H and O–H groups in total. The number of benzene rings is 1. The Morgan fingerprint density at radius 2 is 1.77 bits per heavy atom. The van der Waals surface area contributed by atoms with Gasteiger partial charge in [0.05, 0.1) is 12.5 Å². The number of nitrogens with zero attached hydrogens (tertiary/aromatic N) is 2. The number of amidine groups is 1. The van der Waals surface area contributed by atoms with Crippen molar-refractivity contribution < 1.29 is 13.0 Å². The predicted octanol–water partition coefficient (Wildman–Crippen LogP) is 1.56. The van der Waals surface area contributed by atoms with Crippen LogP contribution in [0.5, 0.6) is 0 Å². The first-order chi connectivity index (χ1) is 10.4. The molecule has 0 aliphatic carbocycles. The van der Waals surface area contributed by atoms with E-state index in [0.29, 0.717) is 0 Å². The van der Waals surface area contributed by atoms with E-state index < -0.39 is 11.0 Å². The van der Waals surface area contributed by atoms with Crippen molar-refractivity contribution in [1.82, 2.24) is 4.90 Å². The maximum atomic E-state index is 8.59. The third-order valence-electron chi connectivity index (χ3n) is 3.06. The monoisotopic (exact) mass is 329 g/mol. The number of aliphatic imine (C=N–C) groups is 1. The molecule has 0 saturated heterocycles. The van der Waals surface area contributed by atoms with Crippen molar-refractivity contribution in [1.29, 1.82) is 0 Å². The molecule has 0 bridgehead atoms. The normalized spacial score (nSPS) is 16.0. The first kappa shape index (κ1) is 20.6. The smallest absolute Gasteiger partial charge is 0.254 e. The standard InChI is InChI=1S/C13H19N3.C2H6.H2O3S/c1-10(14)12(11-6-4-3-5-7-11)13-15-8-9-16(13)2;1-2;1-4(2)3/h3-7,10,12H,8-9,14H2,1-2H3;1-2H3;4H,(H,1,2,3). The van der Waals surface area contributed by atoms with Gasteiger partial charge in [0.2, 0.25) is 0 Å². The Hall–Kier alpha value is -1.44. The van der Waals surface area contributed by atoms with Gasteiger partial charge in [-0.15, -0.1) is 0 Å². The number of likely N-dealkylation sites (N-methyl/N-ethyl adjacent to an activating group) is 1. The van der Waals surface area contributed by atoms with Crippen LogP contribution in [0.1, 0.15) is 32.3 Å². The summed E-state index contributed by atoms with van der Waals surface area (Å²) < 4.78 is 24.2. The first-order valence-corrected chi connectivity index (χ1v) is 8.45. The number of thiol groups is 1. The zero-order valence-corrected chi connectivity index (χ0v) is 14.5. The highest BCUT2D eigenvalue weighted by atomic mass is 32.2. The minimum Gasteiger partial charge on any atom is -0.361 e. The second kappa shape index (κ2) is 11.2. The third kappa shape index (κ3) is 7.02. The van der Waals surface area contributed by atoms with Gasteiger partial charge in [-0.25, -0.2) is 8.42 Å². The molecule has 1 aliphatic heterocycles. The van der Waals surface area contributed by atoms with Crippen LogP contribution in [0.2, 0.25) is 0 Å². The van der Waals surface area contributed by atoms with E-state index in [1.807, 2.05) is 26.8 Å². The number of rotatable bonds is 3. The molecular weight excluding hydrogens is 302 g/mol. The highest BCUT2D eigenvalue weighted by Crippen LogP contribution is 2.23. The van der Waals surface area contributed by atoms with Crippen molar-refractivity contribution in [3.05, 3.63) is 35.9 Å². The van der Waals surface area contributed by atoms with Crippen LogP contribution in [0, 0.1) is 0 Å². The van der Waals surface area contributed by atoms with Gasteiger partial charge in [0.1, 0.15) is 5.84 Å². The van der Waals surface area contributed by atoms with Crippen LogP contribution in [0.15, 0.2) is 35.3 Å². The van der Waals surface area contributed by atoms with Gasteiger partial charge in [-0.1, -0.05) is 44.2 Å². The molecule has 1 aromatic carbocycles. The fourth-order valence-corrected chi connectivity index (χ4v) is 2.23. The van der Waals surface area contributed by atoms with Crippen LogP contribution in [0.4, 0.5) is 0 Å². The summed E-state index contributed by atoms with van der Waals surface area (Å²) in [4.78, 5) is 6.79. The van der Waals surface area contributed by atoms with E-state index in [1.165, 1.54) is 5.56 Å². The Bertz CT molecular complexity index is 508. The highest BCUT2D eigenvalue weighted by Gasteiger charge is 2.27. The molecule has 0 saturated carbocycles. The maximum absolute atomic E-state index is 8.59. The Balaban J connectivity index is 0.000000640. The van der Waals surface area contributed by atoms with Gasteiger partial charge >= 0.3 is 0 Å². The lowest BCUT2D eigenvalue weighted by Gasteiger charge is -2.26. The summed E-state index contributed by atoms with van der Waals surface area (Å²) in [5.74, 6) is 1.34. The lowest BCUT2D eigenvalue weighted by molar-refractivity contribution is 0.509. The highest BCUT2D eigenvalue weighted by molar-refractivity contribution is 7.66. The molecule has 0 radical (unpaired) electrons. The van der Waals surface area contributed by atoms with Gasteiger partial charge in [0.15, 0.2) is 0 Å². The third-order valence-corrected chi connectivity index (χ3v) is 3.06. The van der Waals surface area contributed by atoms with E-state index >= 15 is 0 Å². The second-order valence-electron chi connectivity index (χ2n) is 4.65. The summed E-state index contributed by atoms with van der Waals surface area (Å²) in [5.41, 5.74) is 7.36. The lowest BCUT2D eigenvalue weighted by atomic mass is 9.91. The Labute approximate surface area is 134 Å². The Kier molecular flexibility index (Phi) is 10.4. The molecular formula is C15H27N3O3S. The molecule has 2 unspecified atom stereocenters. The summed E-state index contributed by atoms with van der Waals surface area (Å²) in [7, 11) is -1.03. The summed E-state index contributed by atoms with van der Waals surface area (Å²) in [5, 5.41) is 0. The Morgan fingerprint density at radius 1 is 1.27 bits per heavy atom. The van der Waals surface area contributed by atoms with Crippen LogP contribution in [-0.2, 0) is 11.0 Å². The van der Waals surface area contributed by atoms with Gasteiger partial charge < -0.3 is 10.6 Å². The van der Waals surface area contributed by atoms with Crippen molar-refractivity contribution >= 4 is 16.8 Å². The van der Waals surface area contributed by atoms with Crippen LogP contribution in [-0.4, -0.2) is 49.9 Å². The van der Waals surface area contributed by atoms with Crippen molar-refractivity contribution in [3.8, 4) is 0 Å². The summed E-state index contributed by atoms with van der Waals surface area (Å²) in [6.07, 6.45) is 0. The molecule has 0 amide bonds. The average molecular weight is 329 g/mol. The molecule has 2 rings (SSSR count). The fourth-order valence-electron chi connectivity index (χ4n) is 2.23. The van der Waals surface area contributed by atoms with Crippen molar-refractivity contribution in [2.75, 3.05) is 20.1 Å². The van der Waals surface area contributed by atoms with E-state index in [-0.39, 0.29) is 12.0 Å². The Morgan fingerprint density at radius 3 is 2.14 bits per heavy atom. The molecule has 22 heavy (non-hydrogen) atoms. The summed E-state index contributed by atoms with van der Waals surface area (Å²) >= 11 is 0. The first-order valence-electron chi connectivity index (χ1n) is 7.32. The average Bonchev–Trinajstić information content (AvgIpc) is 2.88. The van der Waals surface area contributed by atoms with Crippen LogP contribution in [0.25, 0.3) is 0 Å². The molecule has 1 heterocycles. The maximum Gasteiger partial charge on any atom is 0.254 e. The largest absolute Gasteiger partial charge is 0.361 e. The van der Waals surface area contributed by atoms with Gasteiger partial charge in [-0.2, -0.15) is 0 Å². The molecule has 0 fully saturated rings. The minimum atomic E-state index is -3.12. The van der Waals surface area contributed by atoms with E-state index in [2.05, 4.69) is 41.2 Å². The topological polar surface area (TPSA) is 96.0 Å². The zero-order chi connectivity index (χ0) is 17.1. The van der Waals surface area contributed by atoms with E-state index in [4.69, 9.17) is 18.7 Å². The number of hydrogen-bond acceptors (Lipinski definition) is 5. The van der Waals surface area contributed by atoms with Crippen molar-refractivity contribution in [2.45, 2.75) is 32.7 Å². The number of hydrogen-bond donors (Lipinski definition) is 3. The quantitative estimate of drug-likeness (QED) is 0.578. The molecule has 0 spiro atoms. The van der Waals surface area contributed by atoms with Crippen LogP contribution < -0.4 is 5.73 Å². The molecule has 6 nitrogen and oxygen atoms in total. The van der Waals surface area contributed by atoms with Crippen LogP contribution >= 0.6 is 0 Å². The zero-order valence-electron chi connectivity index (χ0n) is 13.6. The summed E-state index contributed by atoms with van der Waals surface area (Å²) in [6, 6.07) is 10.5. The number of nitrogens with two attached hydrogens (primary N) is 1. The van der Waals surface area contributed by atoms with Crippen LogP contribution in [0.3, 0.4) is 0 Å². The molecule has 2 atom stereocenters. The molecule has 1 aliphatic rings. The van der Waals surface area contributed by atoms with E-state index in [1.54, 1.807) is 0 Å². The SMILES string of the molecule is CC.CC(N)C(C1=NCCN1C)c1ccccc1.O=[SH](=O)O. The van der Waals surface area contributed by atoms with Gasteiger partial charge in [0.25, 0.3) is 11.0 Å². The van der Waals surface area contributed by atoms with Gasteiger partial charge in [0, 0.05) is 19.6 Å². The van der Waals surface area contributed by atoms with E-state index in [0.717, 1.165) is 18.9 Å². The molecule has 0 aromatic heterocycles. The van der Waals surface area contributed by atoms with Gasteiger partial charge in [-0.05, 0) is 12.5 Å². The minimum absolute atomic E-state index is 0.0849. The van der Waals surface area contributed by atoms with Crippen molar-refractivity contribution in [3.63, 3.8) is 0 Å². The molecule has 126 valence electrons. The van der Waals surface area contributed by atoms with E-state index in [9.17, 15) is 0 Å². The summed E-state index contributed by atoms with van der Waals surface area (Å²) in [6.45, 7) is 7.94. The molecule has 7 heteroatoms. The molecule has 1 aromatic rings. The second-order valence-corrected chi connectivity index (χ2v) is 5.12. The predicted molar refractivity (Wildman–Crippen MR) is 92.1 cm³/mol. The lowest BCUT2D eigenvalue weighted by Crippen LogP contribution is -2.37. The fraction of sp³-hybridized carbons (Fsp3) is 0.533.